The number of amides is 2. The molecule has 1 aliphatic heterocycles. The standard InChI is InChI=1S/C14H16F3N3O4/c1-9-2-3-10(8-11(9)20(23)24)18-12(21)19-6-4-13(22,5-7-19)14(15,16)17/h2-3,8,22H,4-7H2,1H3,(H,18,21). The number of hydrogen-bond acceptors (Lipinski definition) is 4. The fourth-order valence-corrected chi connectivity index (χ4v) is 2.45. The van der Waals surface area contributed by atoms with Crippen LogP contribution in [0.1, 0.15) is 18.4 Å². The molecule has 2 N–H and O–H groups in total. The second-order valence-corrected chi connectivity index (χ2v) is 5.70. The van der Waals surface area contributed by atoms with E-state index in [1.807, 2.05) is 0 Å². The minimum absolute atomic E-state index is 0.169. The van der Waals surface area contributed by atoms with Crippen molar-refractivity contribution in [2.75, 3.05) is 18.4 Å². The number of carbonyl (C=O) groups is 1. The average molecular weight is 347 g/mol. The molecule has 1 aliphatic rings. The number of alkyl halides is 3. The number of aliphatic hydroxyl groups is 1. The summed E-state index contributed by atoms with van der Waals surface area (Å²) in [5.74, 6) is 0. The van der Waals surface area contributed by atoms with Gasteiger partial charge in [-0.3, -0.25) is 10.1 Å². The van der Waals surface area contributed by atoms with Gasteiger partial charge < -0.3 is 15.3 Å². The number of nitrogens with one attached hydrogen (secondary N) is 1. The van der Waals surface area contributed by atoms with Crippen molar-refractivity contribution in [2.24, 2.45) is 0 Å². The molecule has 0 unspecified atom stereocenters. The zero-order valence-electron chi connectivity index (χ0n) is 12.8. The Labute approximate surface area is 135 Å². The monoisotopic (exact) mass is 347 g/mol. The molecule has 7 nitrogen and oxygen atoms in total. The lowest BCUT2D eigenvalue weighted by molar-refractivity contribution is -0.385. The Morgan fingerprint density at radius 1 is 1.38 bits per heavy atom. The Hall–Kier alpha value is -2.36. The van der Waals surface area contributed by atoms with Gasteiger partial charge in [-0.05, 0) is 13.0 Å². The topological polar surface area (TPSA) is 95.7 Å². The molecule has 0 saturated carbocycles. The van der Waals surface area contributed by atoms with Crippen LogP contribution in [0.2, 0.25) is 0 Å². The number of urea groups is 1. The number of nitro benzene ring substituents is 1. The predicted molar refractivity (Wildman–Crippen MR) is 78.7 cm³/mol. The van der Waals surface area contributed by atoms with E-state index in [1.54, 1.807) is 6.92 Å². The van der Waals surface area contributed by atoms with E-state index in [0.29, 0.717) is 5.56 Å². The van der Waals surface area contributed by atoms with Gasteiger partial charge in [-0.1, -0.05) is 6.07 Å². The van der Waals surface area contributed by atoms with E-state index >= 15 is 0 Å². The average Bonchev–Trinajstić information content (AvgIpc) is 2.48. The number of piperidine rings is 1. The maximum Gasteiger partial charge on any atom is 0.417 e. The Bertz CT molecular complexity index is 655. The van der Waals surface area contributed by atoms with Crippen molar-refractivity contribution in [2.45, 2.75) is 31.5 Å². The summed E-state index contributed by atoms with van der Waals surface area (Å²) >= 11 is 0. The minimum Gasteiger partial charge on any atom is -0.380 e. The third kappa shape index (κ3) is 3.58. The van der Waals surface area contributed by atoms with Crippen molar-refractivity contribution in [1.82, 2.24) is 4.90 Å². The summed E-state index contributed by atoms with van der Waals surface area (Å²) in [6, 6.07) is 3.45. The van der Waals surface area contributed by atoms with Crippen molar-refractivity contribution in [3.63, 3.8) is 0 Å². The molecule has 1 saturated heterocycles. The quantitative estimate of drug-likeness (QED) is 0.635. The third-order valence-electron chi connectivity index (χ3n) is 4.06. The number of nitrogens with zero attached hydrogens (tertiary/aromatic N) is 2. The molecule has 0 bridgehead atoms. The first-order valence-corrected chi connectivity index (χ1v) is 7.13. The lowest BCUT2D eigenvalue weighted by Gasteiger charge is -2.38. The largest absolute Gasteiger partial charge is 0.417 e. The van der Waals surface area contributed by atoms with Crippen molar-refractivity contribution < 1.29 is 28.0 Å². The van der Waals surface area contributed by atoms with E-state index in [9.17, 15) is 33.2 Å². The second kappa shape index (κ2) is 6.27. The highest BCUT2D eigenvalue weighted by Gasteiger charge is 2.54. The number of halogens is 3. The van der Waals surface area contributed by atoms with Crippen LogP contribution in [0.15, 0.2) is 18.2 Å². The van der Waals surface area contributed by atoms with Gasteiger partial charge in [0.05, 0.1) is 4.92 Å². The molecule has 24 heavy (non-hydrogen) atoms. The summed E-state index contributed by atoms with van der Waals surface area (Å²) in [5.41, 5.74) is -2.36. The summed E-state index contributed by atoms with van der Waals surface area (Å²) in [7, 11) is 0. The van der Waals surface area contributed by atoms with Gasteiger partial charge in [-0.25, -0.2) is 4.79 Å². The molecule has 132 valence electrons. The van der Waals surface area contributed by atoms with Gasteiger partial charge >= 0.3 is 12.2 Å². The van der Waals surface area contributed by atoms with Gasteiger partial charge in [0.15, 0.2) is 5.60 Å². The van der Waals surface area contributed by atoms with E-state index < -0.39 is 35.6 Å². The molecule has 0 atom stereocenters. The highest BCUT2D eigenvalue weighted by molar-refractivity contribution is 5.89. The second-order valence-electron chi connectivity index (χ2n) is 5.70. The van der Waals surface area contributed by atoms with Crippen LogP contribution in [0.4, 0.5) is 29.3 Å². The Morgan fingerprint density at radius 2 is 1.96 bits per heavy atom. The molecule has 1 aromatic rings. The van der Waals surface area contributed by atoms with Crippen LogP contribution in [-0.2, 0) is 0 Å². The van der Waals surface area contributed by atoms with Crippen LogP contribution in [0.3, 0.4) is 0 Å². The smallest absolute Gasteiger partial charge is 0.380 e. The maximum absolute atomic E-state index is 12.7. The molecule has 0 spiro atoms. The predicted octanol–water partition coefficient (Wildman–Crippen LogP) is 2.82. The van der Waals surface area contributed by atoms with Crippen LogP contribution in [0.5, 0.6) is 0 Å². The van der Waals surface area contributed by atoms with Crippen LogP contribution >= 0.6 is 0 Å². The molecule has 0 aliphatic carbocycles. The summed E-state index contributed by atoms with van der Waals surface area (Å²) in [5, 5.41) is 22.9. The fraction of sp³-hybridized carbons (Fsp3) is 0.500. The summed E-state index contributed by atoms with van der Waals surface area (Å²) in [6.07, 6.45) is -5.97. The van der Waals surface area contributed by atoms with Crippen molar-refractivity contribution >= 4 is 17.4 Å². The maximum atomic E-state index is 12.7. The van der Waals surface area contributed by atoms with E-state index in [1.165, 1.54) is 18.2 Å². The van der Waals surface area contributed by atoms with E-state index in [2.05, 4.69) is 5.32 Å². The lowest BCUT2D eigenvalue weighted by atomic mass is 9.91. The molecule has 2 amide bonds. The molecule has 2 rings (SSSR count). The van der Waals surface area contributed by atoms with E-state index in [0.717, 1.165) is 4.90 Å². The number of hydrogen-bond donors (Lipinski definition) is 2. The third-order valence-corrected chi connectivity index (χ3v) is 4.06. The van der Waals surface area contributed by atoms with E-state index in [4.69, 9.17) is 0 Å². The molecular formula is C14H16F3N3O4. The Balaban J connectivity index is 2.02. The molecule has 1 heterocycles. The zero-order valence-corrected chi connectivity index (χ0v) is 12.8. The van der Waals surface area contributed by atoms with Gasteiger partial charge in [-0.2, -0.15) is 13.2 Å². The van der Waals surface area contributed by atoms with Gasteiger partial charge in [0.25, 0.3) is 5.69 Å². The van der Waals surface area contributed by atoms with Crippen LogP contribution in [0.25, 0.3) is 0 Å². The SMILES string of the molecule is Cc1ccc(NC(=O)N2CCC(O)(C(F)(F)F)CC2)cc1[N+](=O)[O-]. The zero-order chi connectivity index (χ0) is 18.1. The van der Waals surface area contributed by atoms with Crippen LogP contribution in [0, 0.1) is 17.0 Å². The number of nitro groups is 1. The molecule has 0 radical (unpaired) electrons. The van der Waals surface area contributed by atoms with Gasteiger partial charge in [0, 0.05) is 43.2 Å². The number of rotatable bonds is 2. The molecule has 1 aromatic carbocycles. The summed E-state index contributed by atoms with van der Waals surface area (Å²) < 4.78 is 38.2. The van der Waals surface area contributed by atoms with E-state index in [-0.39, 0.29) is 24.5 Å². The van der Waals surface area contributed by atoms with Gasteiger partial charge in [0.1, 0.15) is 0 Å². The Kier molecular flexibility index (Phi) is 4.70. The van der Waals surface area contributed by atoms with Gasteiger partial charge in [-0.15, -0.1) is 0 Å². The first kappa shape index (κ1) is 18.0. The number of benzene rings is 1. The number of aryl methyl sites for hydroxylation is 1. The molecular weight excluding hydrogens is 331 g/mol. The van der Waals surface area contributed by atoms with Crippen molar-refractivity contribution in [1.29, 1.82) is 0 Å². The summed E-state index contributed by atoms with van der Waals surface area (Å²) in [6.45, 7) is 1.01. The number of likely N-dealkylation sites (tertiary alicyclic amines) is 1. The Morgan fingerprint density at radius 3 is 2.46 bits per heavy atom. The van der Waals surface area contributed by atoms with Gasteiger partial charge in [0.2, 0.25) is 0 Å². The summed E-state index contributed by atoms with van der Waals surface area (Å²) in [4.78, 5) is 23.5. The van der Waals surface area contributed by atoms with Crippen LogP contribution in [-0.4, -0.2) is 45.8 Å². The highest BCUT2D eigenvalue weighted by Crippen LogP contribution is 2.38. The fourth-order valence-electron chi connectivity index (χ4n) is 2.45. The molecule has 10 heteroatoms. The molecule has 0 aromatic heterocycles. The molecule has 1 fully saturated rings. The minimum atomic E-state index is -4.74. The lowest BCUT2D eigenvalue weighted by Crippen LogP contribution is -2.55. The first-order valence-electron chi connectivity index (χ1n) is 7.13. The van der Waals surface area contributed by atoms with Crippen molar-refractivity contribution in [3.05, 3.63) is 33.9 Å². The number of anilines is 1. The number of carbonyl (C=O) groups excluding carboxylic acids is 1. The van der Waals surface area contributed by atoms with Crippen LogP contribution < -0.4 is 5.32 Å². The highest BCUT2D eigenvalue weighted by atomic mass is 19.4. The normalized spacial score (nSPS) is 17.5. The van der Waals surface area contributed by atoms with Crippen molar-refractivity contribution in [3.8, 4) is 0 Å². The first-order chi connectivity index (χ1) is 11.0.